The molecule has 0 saturated carbocycles. The van der Waals surface area contributed by atoms with Crippen LogP contribution in [0.3, 0.4) is 0 Å². The van der Waals surface area contributed by atoms with Crippen molar-refractivity contribution in [2.45, 2.75) is 30.5 Å². The fraction of sp³-hybridized carbons (Fsp3) is 0.667. The number of hydrogen-bond acceptors (Lipinski definition) is 5. The number of carbonyl (C=O) groups excluding carboxylic acids is 1. The molecule has 1 aromatic rings. The van der Waals surface area contributed by atoms with Crippen molar-refractivity contribution in [2.75, 3.05) is 59.2 Å². The normalized spacial score (nSPS) is 29.3. The quantitative estimate of drug-likeness (QED) is 0.778. The number of benzene rings is 1. The Morgan fingerprint density at radius 3 is 2.52 bits per heavy atom. The van der Waals surface area contributed by atoms with Gasteiger partial charge in [-0.05, 0) is 25.0 Å². The van der Waals surface area contributed by atoms with E-state index >= 15 is 0 Å². The van der Waals surface area contributed by atoms with Crippen LogP contribution in [0.15, 0.2) is 30.3 Å². The first kappa shape index (κ1) is 17.6. The molecule has 27 heavy (non-hydrogen) atoms. The molecule has 5 rings (SSSR count). The zero-order chi connectivity index (χ0) is 18.3. The van der Waals surface area contributed by atoms with Gasteiger partial charge in [0.05, 0.1) is 24.8 Å². The van der Waals surface area contributed by atoms with Crippen molar-refractivity contribution in [2.24, 2.45) is 0 Å². The third-order valence-corrected chi connectivity index (χ3v) is 6.76. The van der Waals surface area contributed by atoms with Gasteiger partial charge in [0.25, 0.3) is 5.91 Å². The summed E-state index contributed by atoms with van der Waals surface area (Å²) in [6.07, 6.45) is 2.27. The summed E-state index contributed by atoms with van der Waals surface area (Å²) >= 11 is 0. The van der Waals surface area contributed by atoms with Crippen LogP contribution < -0.4 is 0 Å². The molecule has 4 heterocycles. The molecular formula is C21H29N3O3. The minimum absolute atomic E-state index is 0.0927. The Morgan fingerprint density at radius 2 is 1.74 bits per heavy atom. The first-order chi connectivity index (χ1) is 13.3. The highest BCUT2D eigenvalue weighted by Crippen LogP contribution is 2.38. The number of carbonyl (C=O) groups is 1. The Bertz CT molecular complexity index is 671. The van der Waals surface area contributed by atoms with Crippen molar-refractivity contribution < 1.29 is 14.3 Å². The molecule has 4 fully saturated rings. The maximum Gasteiger partial charge on any atom is 0.253 e. The predicted octanol–water partition coefficient (Wildman–Crippen LogP) is 1.08. The van der Waals surface area contributed by atoms with E-state index in [1.54, 1.807) is 0 Å². The monoisotopic (exact) mass is 371 g/mol. The Labute approximate surface area is 161 Å². The van der Waals surface area contributed by atoms with Gasteiger partial charge in [-0.25, -0.2) is 0 Å². The van der Waals surface area contributed by atoms with Crippen molar-refractivity contribution in [3.8, 4) is 0 Å². The highest BCUT2D eigenvalue weighted by atomic mass is 16.5. The van der Waals surface area contributed by atoms with Gasteiger partial charge in [0.1, 0.15) is 0 Å². The van der Waals surface area contributed by atoms with Gasteiger partial charge in [0.2, 0.25) is 0 Å². The summed E-state index contributed by atoms with van der Waals surface area (Å²) in [5, 5.41) is 0. The third kappa shape index (κ3) is 3.18. The minimum atomic E-state index is 0.0927. The van der Waals surface area contributed by atoms with Gasteiger partial charge in [0.15, 0.2) is 0 Å². The van der Waals surface area contributed by atoms with Gasteiger partial charge in [-0.3, -0.25) is 14.6 Å². The highest BCUT2D eigenvalue weighted by Gasteiger charge is 2.56. The average molecular weight is 371 g/mol. The molecule has 6 nitrogen and oxygen atoms in total. The van der Waals surface area contributed by atoms with E-state index in [-0.39, 0.29) is 11.4 Å². The van der Waals surface area contributed by atoms with Crippen molar-refractivity contribution in [1.82, 2.24) is 14.7 Å². The van der Waals surface area contributed by atoms with Crippen LogP contribution in [0, 0.1) is 0 Å². The fourth-order valence-electron chi connectivity index (χ4n) is 5.41. The van der Waals surface area contributed by atoms with Crippen LogP contribution in [-0.4, -0.2) is 97.4 Å². The molecule has 1 unspecified atom stereocenters. The van der Waals surface area contributed by atoms with E-state index in [1.165, 1.54) is 0 Å². The first-order valence-electron chi connectivity index (χ1n) is 10.3. The number of rotatable bonds is 2. The Morgan fingerprint density at radius 1 is 0.963 bits per heavy atom. The number of morpholine rings is 1. The molecule has 0 N–H and O–H groups in total. The summed E-state index contributed by atoms with van der Waals surface area (Å²) in [6, 6.07) is 10.7. The Balaban J connectivity index is 1.34. The van der Waals surface area contributed by atoms with E-state index in [2.05, 4.69) is 14.7 Å². The van der Waals surface area contributed by atoms with Crippen LogP contribution in [-0.2, 0) is 9.47 Å². The van der Waals surface area contributed by atoms with Gasteiger partial charge < -0.3 is 14.4 Å². The molecule has 1 amide bonds. The highest BCUT2D eigenvalue weighted by molar-refractivity contribution is 5.94. The molecule has 6 heteroatoms. The van der Waals surface area contributed by atoms with Gasteiger partial charge >= 0.3 is 0 Å². The van der Waals surface area contributed by atoms with Crippen LogP contribution in [0.25, 0.3) is 0 Å². The van der Waals surface area contributed by atoms with Crippen LogP contribution >= 0.6 is 0 Å². The van der Waals surface area contributed by atoms with E-state index in [0.717, 1.165) is 77.6 Å². The Kier molecular flexibility index (Phi) is 4.68. The molecule has 0 aliphatic carbocycles. The predicted molar refractivity (Wildman–Crippen MR) is 102 cm³/mol. The molecule has 0 aromatic heterocycles. The minimum Gasteiger partial charge on any atom is -0.381 e. The van der Waals surface area contributed by atoms with E-state index < -0.39 is 0 Å². The van der Waals surface area contributed by atoms with E-state index in [4.69, 9.17) is 9.47 Å². The molecule has 1 atom stereocenters. The Hall–Kier alpha value is -1.47. The van der Waals surface area contributed by atoms with Crippen molar-refractivity contribution in [3.63, 3.8) is 0 Å². The van der Waals surface area contributed by atoms with Gasteiger partial charge in [-0.1, -0.05) is 18.2 Å². The summed E-state index contributed by atoms with van der Waals surface area (Å²) in [5.74, 6) is 0.157. The van der Waals surface area contributed by atoms with Crippen molar-refractivity contribution in [3.05, 3.63) is 35.9 Å². The third-order valence-electron chi connectivity index (χ3n) is 6.76. The van der Waals surface area contributed by atoms with Crippen molar-refractivity contribution in [1.29, 1.82) is 0 Å². The van der Waals surface area contributed by atoms with Crippen molar-refractivity contribution >= 4 is 5.91 Å². The van der Waals surface area contributed by atoms with Crippen LogP contribution in [0.4, 0.5) is 0 Å². The van der Waals surface area contributed by atoms with Gasteiger partial charge in [0, 0.05) is 57.5 Å². The number of fused-ring (bicyclic) bond motifs is 2. The molecule has 1 spiro atoms. The number of amides is 1. The molecule has 4 aliphatic rings. The van der Waals surface area contributed by atoms with Gasteiger partial charge in [-0.15, -0.1) is 0 Å². The zero-order valence-electron chi connectivity index (χ0n) is 15.9. The summed E-state index contributed by atoms with van der Waals surface area (Å²) in [7, 11) is 0. The summed E-state index contributed by atoms with van der Waals surface area (Å²) in [6.45, 7) is 8.02. The van der Waals surface area contributed by atoms with E-state index in [0.29, 0.717) is 12.1 Å². The second-order valence-corrected chi connectivity index (χ2v) is 8.45. The molecule has 4 aliphatic heterocycles. The van der Waals surface area contributed by atoms with Crippen LogP contribution in [0.1, 0.15) is 23.2 Å². The molecule has 0 radical (unpaired) electrons. The number of hydrogen-bond donors (Lipinski definition) is 0. The second-order valence-electron chi connectivity index (χ2n) is 8.45. The molecule has 146 valence electrons. The average Bonchev–Trinajstić information content (AvgIpc) is 2.72. The lowest BCUT2D eigenvalue weighted by atomic mass is 9.80. The maximum absolute atomic E-state index is 13.1. The second kappa shape index (κ2) is 7.17. The van der Waals surface area contributed by atoms with E-state index in [1.807, 2.05) is 30.3 Å². The smallest absolute Gasteiger partial charge is 0.253 e. The van der Waals surface area contributed by atoms with Crippen LogP contribution in [0.2, 0.25) is 0 Å². The summed E-state index contributed by atoms with van der Waals surface area (Å²) in [5.41, 5.74) is 0.883. The number of likely N-dealkylation sites (tertiary alicyclic amines) is 1. The fourth-order valence-corrected chi connectivity index (χ4v) is 5.41. The SMILES string of the molecule is O=C(c1ccccc1)N1CC2COCCN2C2(C1)CN(C1CCOCC1)C2. The van der Waals surface area contributed by atoms with Crippen LogP contribution in [0.5, 0.6) is 0 Å². The first-order valence-corrected chi connectivity index (χ1v) is 10.3. The molecule has 1 aromatic carbocycles. The number of ether oxygens (including phenoxy) is 2. The molecule has 0 bridgehead atoms. The topological polar surface area (TPSA) is 45.2 Å². The maximum atomic E-state index is 13.1. The number of nitrogens with zero attached hydrogens (tertiary/aromatic N) is 3. The standard InChI is InChI=1S/C21H29N3O3/c25-20(17-4-2-1-3-5-17)22-12-19-13-27-11-8-24(19)21(14-22)15-23(16-21)18-6-9-26-10-7-18/h1-5,18-19H,6-16H2. The summed E-state index contributed by atoms with van der Waals surface area (Å²) in [4.78, 5) is 20.5. The molecule has 4 saturated heterocycles. The summed E-state index contributed by atoms with van der Waals surface area (Å²) < 4.78 is 11.3. The van der Waals surface area contributed by atoms with E-state index in [9.17, 15) is 4.79 Å². The largest absolute Gasteiger partial charge is 0.381 e. The lowest BCUT2D eigenvalue weighted by Crippen LogP contribution is -2.81. The number of piperazine rings is 1. The van der Waals surface area contributed by atoms with Gasteiger partial charge in [-0.2, -0.15) is 0 Å². The zero-order valence-corrected chi connectivity index (χ0v) is 15.9. The lowest BCUT2D eigenvalue weighted by Gasteiger charge is -2.64. The lowest BCUT2D eigenvalue weighted by molar-refractivity contribution is -0.171. The molecular weight excluding hydrogens is 342 g/mol.